The zero-order chi connectivity index (χ0) is 13.0. The summed E-state index contributed by atoms with van der Waals surface area (Å²) in [7, 11) is 0. The highest BCUT2D eigenvalue weighted by molar-refractivity contribution is 5.22. The third kappa shape index (κ3) is 3.20. The minimum atomic E-state index is 0.616. The predicted molar refractivity (Wildman–Crippen MR) is 72.6 cm³/mol. The van der Waals surface area contributed by atoms with Crippen molar-refractivity contribution in [3.8, 4) is 0 Å². The molecule has 2 N–H and O–H groups in total. The van der Waals surface area contributed by atoms with Gasteiger partial charge in [-0.3, -0.25) is 0 Å². The maximum absolute atomic E-state index is 5.65. The fourth-order valence-electron chi connectivity index (χ4n) is 2.08. The van der Waals surface area contributed by atoms with Crippen molar-refractivity contribution in [3.05, 3.63) is 52.7 Å². The van der Waals surface area contributed by atoms with E-state index < -0.39 is 0 Å². The first-order valence-electron chi connectivity index (χ1n) is 6.40. The molecule has 1 aromatic heterocycles. The number of oxazole rings is 1. The van der Waals surface area contributed by atoms with Crippen LogP contribution in [0.5, 0.6) is 0 Å². The first kappa shape index (κ1) is 12.8. The minimum Gasteiger partial charge on any atom is -0.446 e. The summed E-state index contributed by atoms with van der Waals surface area (Å²) in [5.74, 6) is 1.72. The molecule has 0 fully saturated rings. The second kappa shape index (κ2) is 5.83. The summed E-state index contributed by atoms with van der Waals surface area (Å²) in [5, 5.41) is 0. The van der Waals surface area contributed by atoms with Crippen molar-refractivity contribution < 1.29 is 4.42 Å². The lowest BCUT2D eigenvalue weighted by molar-refractivity contribution is 0.469. The fourth-order valence-corrected chi connectivity index (χ4v) is 2.08. The molecule has 1 heterocycles. The van der Waals surface area contributed by atoms with Crippen LogP contribution >= 0.6 is 0 Å². The van der Waals surface area contributed by atoms with E-state index in [2.05, 4.69) is 36.2 Å². The van der Waals surface area contributed by atoms with Crippen molar-refractivity contribution in [2.75, 3.05) is 6.54 Å². The van der Waals surface area contributed by atoms with Crippen molar-refractivity contribution in [1.82, 2.24) is 4.98 Å². The Morgan fingerprint density at radius 2 is 2.00 bits per heavy atom. The van der Waals surface area contributed by atoms with Crippen LogP contribution in [-0.2, 0) is 19.3 Å². The monoisotopic (exact) mass is 244 g/mol. The molecule has 0 saturated carbocycles. The average Bonchev–Trinajstić information content (AvgIpc) is 2.69. The van der Waals surface area contributed by atoms with Crippen LogP contribution in [0.15, 0.2) is 28.7 Å². The molecule has 3 heteroatoms. The van der Waals surface area contributed by atoms with Crippen molar-refractivity contribution in [3.63, 3.8) is 0 Å². The van der Waals surface area contributed by atoms with Gasteiger partial charge in [0.2, 0.25) is 0 Å². The molecule has 0 amide bonds. The van der Waals surface area contributed by atoms with Crippen molar-refractivity contribution >= 4 is 0 Å². The smallest absolute Gasteiger partial charge is 0.194 e. The molecule has 96 valence electrons. The summed E-state index contributed by atoms with van der Waals surface area (Å²) in [4.78, 5) is 4.49. The second-order valence-corrected chi connectivity index (χ2v) is 4.64. The van der Waals surface area contributed by atoms with E-state index in [4.69, 9.17) is 10.2 Å². The van der Waals surface area contributed by atoms with E-state index in [9.17, 15) is 0 Å². The van der Waals surface area contributed by atoms with E-state index in [0.29, 0.717) is 6.54 Å². The molecule has 0 aliphatic rings. The molecule has 0 bridgehead atoms. The van der Waals surface area contributed by atoms with E-state index >= 15 is 0 Å². The van der Waals surface area contributed by atoms with Crippen LogP contribution in [0.4, 0.5) is 0 Å². The van der Waals surface area contributed by atoms with Crippen molar-refractivity contribution in [1.29, 1.82) is 0 Å². The highest BCUT2D eigenvalue weighted by atomic mass is 16.4. The van der Waals surface area contributed by atoms with E-state index in [1.54, 1.807) is 0 Å². The second-order valence-electron chi connectivity index (χ2n) is 4.64. The number of aryl methyl sites for hydroxylation is 4. The quantitative estimate of drug-likeness (QED) is 0.879. The maximum Gasteiger partial charge on any atom is 0.194 e. The van der Waals surface area contributed by atoms with Crippen LogP contribution in [0.2, 0.25) is 0 Å². The molecule has 0 aliphatic carbocycles. The third-order valence-corrected chi connectivity index (χ3v) is 3.03. The van der Waals surface area contributed by atoms with Gasteiger partial charge in [0.05, 0.1) is 5.69 Å². The summed E-state index contributed by atoms with van der Waals surface area (Å²) in [6, 6.07) is 8.55. The molecule has 1 aromatic carbocycles. The van der Waals surface area contributed by atoms with Gasteiger partial charge in [-0.15, -0.1) is 0 Å². The predicted octanol–water partition coefficient (Wildman–Crippen LogP) is 2.58. The summed E-state index contributed by atoms with van der Waals surface area (Å²) in [6.07, 6.45) is 2.60. The third-order valence-electron chi connectivity index (χ3n) is 3.03. The standard InChI is InChI=1S/C15H20N2O/c1-11-4-3-5-13(10-11)6-7-15-17-14(8-9-16)12(2)18-15/h3-5,10H,6-9,16H2,1-2H3. The number of hydrogen-bond donors (Lipinski definition) is 1. The molecule has 0 unspecified atom stereocenters. The molecule has 18 heavy (non-hydrogen) atoms. The first-order valence-corrected chi connectivity index (χ1v) is 6.40. The largest absolute Gasteiger partial charge is 0.446 e. The molecule has 0 spiro atoms. The zero-order valence-corrected chi connectivity index (χ0v) is 11.1. The van der Waals surface area contributed by atoms with Gasteiger partial charge in [0.1, 0.15) is 5.76 Å². The van der Waals surface area contributed by atoms with Gasteiger partial charge in [-0.05, 0) is 32.4 Å². The van der Waals surface area contributed by atoms with Gasteiger partial charge in [-0.1, -0.05) is 29.8 Å². The Hall–Kier alpha value is -1.61. The number of rotatable bonds is 5. The highest BCUT2D eigenvalue weighted by Gasteiger charge is 2.08. The van der Waals surface area contributed by atoms with Gasteiger partial charge in [0.25, 0.3) is 0 Å². The molecule has 0 atom stereocenters. The zero-order valence-electron chi connectivity index (χ0n) is 11.1. The lowest BCUT2D eigenvalue weighted by Crippen LogP contribution is -2.04. The Morgan fingerprint density at radius 3 is 2.72 bits per heavy atom. The van der Waals surface area contributed by atoms with Crippen LogP contribution in [-0.4, -0.2) is 11.5 Å². The highest BCUT2D eigenvalue weighted by Crippen LogP contribution is 2.13. The SMILES string of the molecule is Cc1cccc(CCc2nc(CCN)c(C)o2)c1. The first-order chi connectivity index (χ1) is 8.69. The minimum absolute atomic E-state index is 0.616. The number of benzene rings is 1. The van der Waals surface area contributed by atoms with E-state index in [1.165, 1.54) is 11.1 Å². The maximum atomic E-state index is 5.65. The van der Waals surface area contributed by atoms with Gasteiger partial charge >= 0.3 is 0 Å². The summed E-state index contributed by atoms with van der Waals surface area (Å²) < 4.78 is 5.65. The number of nitrogens with two attached hydrogens (primary N) is 1. The molecular formula is C15H20N2O. The van der Waals surface area contributed by atoms with Gasteiger partial charge in [-0.25, -0.2) is 4.98 Å². The van der Waals surface area contributed by atoms with Crippen LogP contribution in [0.1, 0.15) is 28.5 Å². The lowest BCUT2D eigenvalue weighted by atomic mass is 10.1. The van der Waals surface area contributed by atoms with Crippen LogP contribution < -0.4 is 5.73 Å². The van der Waals surface area contributed by atoms with Gasteiger partial charge in [-0.2, -0.15) is 0 Å². The van der Waals surface area contributed by atoms with Crippen LogP contribution in [0, 0.1) is 13.8 Å². The summed E-state index contributed by atoms with van der Waals surface area (Å²) >= 11 is 0. The average molecular weight is 244 g/mol. The normalized spacial score (nSPS) is 10.8. The number of hydrogen-bond acceptors (Lipinski definition) is 3. The summed E-state index contributed by atoms with van der Waals surface area (Å²) in [5.41, 5.74) is 9.15. The Kier molecular flexibility index (Phi) is 4.15. The Morgan fingerprint density at radius 1 is 1.17 bits per heavy atom. The van der Waals surface area contributed by atoms with Crippen molar-refractivity contribution in [2.45, 2.75) is 33.1 Å². The molecule has 2 aromatic rings. The van der Waals surface area contributed by atoms with Crippen molar-refractivity contribution in [2.24, 2.45) is 5.73 Å². The van der Waals surface area contributed by atoms with Gasteiger partial charge in [0.15, 0.2) is 5.89 Å². The van der Waals surface area contributed by atoms with Crippen LogP contribution in [0.25, 0.3) is 0 Å². The molecule has 0 radical (unpaired) electrons. The fraction of sp³-hybridized carbons (Fsp3) is 0.400. The lowest BCUT2D eigenvalue weighted by Gasteiger charge is -2.00. The van der Waals surface area contributed by atoms with Gasteiger partial charge < -0.3 is 10.2 Å². The van der Waals surface area contributed by atoms with E-state index in [-0.39, 0.29) is 0 Å². The van der Waals surface area contributed by atoms with E-state index in [1.807, 2.05) is 6.92 Å². The molecule has 2 rings (SSSR count). The topological polar surface area (TPSA) is 52.0 Å². The van der Waals surface area contributed by atoms with E-state index in [0.717, 1.165) is 36.6 Å². The molecule has 0 aliphatic heterocycles. The number of nitrogens with zero attached hydrogens (tertiary/aromatic N) is 1. The Labute approximate surface area is 108 Å². The number of aromatic nitrogens is 1. The van der Waals surface area contributed by atoms with Crippen LogP contribution in [0.3, 0.4) is 0 Å². The molecular weight excluding hydrogens is 224 g/mol. The Balaban J connectivity index is 2.00. The molecule has 3 nitrogen and oxygen atoms in total. The Bertz CT molecular complexity index is 517. The van der Waals surface area contributed by atoms with Gasteiger partial charge in [0, 0.05) is 12.8 Å². The molecule has 0 saturated heterocycles. The summed E-state index contributed by atoms with van der Waals surface area (Å²) in [6.45, 7) is 4.68.